The molecule has 0 aromatic heterocycles. The summed E-state index contributed by atoms with van der Waals surface area (Å²) in [7, 11) is 0. The van der Waals surface area contributed by atoms with Crippen molar-refractivity contribution in [3.8, 4) is 0 Å². The summed E-state index contributed by atoms with van der Waals surface area (Å²) < 4.78 is 0. The molecule has 10 heavy (non-hydrogen) atoms. The molecular weight excluding hydrogens is 124 g/mol. The zero-order chi connectivity index (χ0) is 7.56. The van der Waals surface area contributed by atoms with Gasteiger partial charge in [-0.25, -0.2) is 0 Å². The summed E-state index contributed by atoms with van der Waals surface area (Å²) in [5, 5.41) is 9.27. The van der Waals surface area contributed by atoms with Crippen LogP contribution in [0.1, 0.15) is 39.5 Å². The van der Waals surface area contributed by atoms with Gasteiger partial charge in [-0.05, 0) is 31.6 Å². The highest BCUT2D eigenvalue weighted by molar-refractivity contribution is 4.77. The second-order valence-electron chi connectivity index (χ2n) is 3.59. The van der Waals surface area contributed by atoms with Crippen molar-refractivity contribution < 1.29 is 5.11 Å². The highest BCUT2D eigenvalue weighted by Gasteiger charge is 2.26. The molecule has 0 bridgehead atoms. The normalized spacial score (nSPS) is 36.3. The Morgan fingerprint density at radius 2 is 2.20 bits per heavy atom. The Morgan fingerprint density at radius 1 is 1.50 bits per heavy atom. The summed E-state index contributed by atoms with van der Waals surface area (Å²) >= 11 is 0. The summed E-state index contributed by atoms with van der Waals surface area (Å²) in [5.41, 5.74) is 0. The van der Waals surface area contributed by atoms with Gasteiger partial charge in [0.25, 0.3) is 0 Å². The maximum atomic E-state index is 9.27. The van der Waals surface area contributed by atoms with E-state index in [1.165, 1.54) is 25.7 Å². The van der Waals surface area contributed by atoms with Gasteiger partial charge in [0.05, 0.1) is 6.10 Å². The zero-order valence-electron chi connectivity index (χ0n) is 7.01. The van der Waals surface area contributed by atoms with Crippen LogP contribution >= 0.6 is 0 Å². The Bertz CT molecular complexity index is 98.9. The molecule has 0 radical (unpaired) electrons. The Morgan fingerprint density at radius 3 is 2.50 bits per heavy atom. The van der Waals surface area contributed by atoms with Gasteiger partial charge in [0, 0.05) is 0 Å². The van der Waals surface area contributed by atoms with Crippen LogP contribution in [0.25, 0.3) is 0 Å². The number of rotatable bonds is 2. The minimum Gasteiger partial charge on any atom is -0.393 e. The van der Waals surface area contributed by atoms with Gasteiger partial charge >= 0.3 is 0 Å². The lowest BCUT2D eigenvalue weighted by Crippen LogP contribution is -2.12. The van der Waals surface area contributed by atoms with Crippen LogP contribution in [0, 0.1) is 11.8 Å². The summed E-state index contributed by atoms with van der Waals surface area (Å²) in [6.45, 7) is 4.16. The number of aliphatic hydroxyl groups excluding tert-OH is 1. The average molecular weight is 142 g/mol. The molecule has 1 heteroatoms. The van der Waals surface area contributed by atoms with Gasteiger partial charge in [-0.2, -0.15) is 0 Å². The van der Waals surface area contributed by atoms with Crippen molar-refractivity contribution in [3.63, 3.8) is 0 Å². The summed E-state index contributed by atoms with van der Waals surface area (Å²) in [4.78, 5) is 0. The highest BCUT2D eigenvalue weighted by Crippen LogP contribution is 2.34. The second-order valence-corrected chi connectivity index (χ2v) is 3.59. The van der Waals surface area contributed by atoms with E-state index in [4.69, 9.17) is 0 Å². The van der Waals surface area contributed by atoms with E-state index in [-0.39, 0.29) is 6.10 Å². The van der Waals surface area contributed by atoms with E-state index in [0.717, 1.165) is 5.92 Å². The Hall–Kier alpha value is -0.0400. The van der Waals surface area contributed by atoms with Crippen molar-refractivity contribution in [2.45, 2.75) is 45.6 Å². The Kier molecular flexibility index (Phi) is 2.72. The van der Waals surface area contributed by atoms with E-state index in [1.807, 2.05) is 6.92 Å². The molecular formula is C9H18O. The first kappa shape index (κ1) is 8.06. The molecule has 0 saturated heterocycles. The molecule has 1 nitrogen and oxygen atoms in total. The monoisotopic (exact) mass is 142 g/mol. The minimum absolute atomic E-state index is 0.0726. The minimum atomic E-state index is -0.0726. The van der Waals surface area contributed by atoms with Crippen molar-refractivity contribution in [2.24, 2.45) is 11.8 Å². The number of aliphatic hydroxyl groups is 1. The van der Waals surface area contributed by atoms with Gasteiger partial charge in [-0.1, -0.05) is 19.8 Å². The largest absolute Gasteiger partial charge is 0.393 e. The smallest absolute Gasteiger partial charge is 0.0540 e. The molecule has 3 atom stereocenters. The summed E-state index contributed by atoms with van der Waals surface area (Å²) in [5.74, 6) is 1.50. The lowest BCUT2D eigenvalue weighted by atomic mass is 9.99. The van der Waals surface area contributed by atoms with Crippen molar-refractivity contribution in [1.82, 2.24) is 0 Å². The predicted octanol–water partition coefficient (Wildman–Crippen LogP) is 2.19. The number of hydrogen-bond acceptors (Lipinski definition) is 1. The zero-order valence-corrected chi connectivity index (χ0v) is 7.01. The highest BCUT2D eigenvalue weighted by atomic mass is 16.3. The fraction of sp³-hybridized carbons (Fsp3) is 1.00. The van der Waals surface area contributed by atoms with Crippen LogP contribution in [0.3, 0.4) is 0 Å². The summed E-state index contributed by atoms with van der Waals surface area (Å²) in [6.07, 6.45) is 5.07. The fourth-order valence-electron chi connectivity index (χ4n) is 1.92. The maximum Gasteiger partial charge on any atom is 0.0540 e. The van der Waals surface area contributed by atoms with Crippen molar-refractivity contribution in [2.75, 3.05) is 0 Å². The molecule has 1 aliphatic carbocycles. The summed E-state index contributed by atoms with van der Waals surface area (Å²) in [6, 6.07) is 0. The molecule has 0 spiro atoms. The van der Waals surface area contributed by atoms with E-state index in [1.54, 1.807) is 0 Å². The SMILES string of the molecule is CCC1CCC(C(C)O)C1. The van der Waals surface area contributed by atoms with Crippen LogP contribution in [-0.2, 0) is 0 Å². The fourth-order valence-corrected chi connectivity index (χ4v) is 1.92. The van der Waals surface area contributed by atoms with Gasteiger partial charge in [0.15, 0.2) is 0 Å². The molecule has 0 amide bonds. The van der Waals surface area contributed by atoms with Crippen LogP contribution in [0.4, 0.5) is 0 Å². The second kappa shape index (κ2) is 3.38. The molecule has 3 unspecified atom stereocenters. The lowest BCUT2D eigenvalue weighted by molar-refractivity contribution is 0.126. The van der Waals surface area contributed by atoms with E-state index < -0.39 is 0 Å². The van der Waals surface area contributed by atoms with E-state index in [0.29, 0.717) is 5.92 Å². The molecule has 0 aliphatic heterocycles. The van der Waals surface area contributed by atoms with Gasteiger partial charge in [0.2, 0.25) is 0 Å². The van der Waals surface area contributed by atoms with E-state index in [9.17, 15) is 5.11 Å². The van der Waals surface area contributed by atoms with Crippen molar-refractivity contribution in [3.05, 3.63) is 0 Å². The number of hydrogen-bond donors (Lipinski definition) is 1. The van der Waals surface area contributed by atoms with Crippen LogP contribution in [0.15, 0.2) is 0 Å². The van der Waals surface area contributed by atoms with Gasteiger partial charge in [-0.3, -0.25) is 0 Å². The maximum absolute atomic E-state index is 9.27. The third kappa shape index (κ3) is 1.72. The van der Waals surface area contributed by atoms with Crippen LogP contribution in [-0.4, -0.2) is 11.2 Å². The first-order valence-electron chi connectivity index (χ1n) is 4.42. The molecule has 0 heterocycles. The van der Waals surface area contributed by atoms with Gasteiger partial charge in [-0.15, -0.1) is 0 Å². The standard InChI is InChI=1S/C9H18O/c1-3-8-4-5-9(6-8)7(2)10/h7-10H,3-6H2,1-2H3. The van der Waals surface area contributed by atoms with E-state index in [2.05, 4.69) is 6.92 Å². The first-order valence-corrected chi connectivity index (χ1v) is 4.42. The van der Waals surface area contributed by atoms with Crippen LogP contribution < -0.4 is 0 Å². The molecule has 0 aromatic rings. The van der Waals surface area contributed by atoms with Crippen LogP contribution in [0.5, 0.6) is 0 Å². The molecule has 60 valence electrons. The Balaban J connectivity index is 2.28. The van der Waals surface area contributed by atoms with Gasteiger partial charge < -0.3 is 5.11 Å². The van der Waals surface area contributed by atoms with Crippen LogP contribution in [0.2, 0.25) is 0 Å². The Labute approximate surface area is 63.4 Å². The molecule has 1 fully saturated rings. The predicted molar refractivity (Wildman–Crippen MR) is 42.8 cm³/mol. The third-order valence-electron chi connectivity index (χ3n) is 2.84. The van der Waals surface area contributed by atoms with Crippen molar-refractivity contribution >= 4 is 0 Å². The van der Waals surface area contributed by atoms with E-state index >= 15 is 0 Å². The first-order chi connectivity index (χ1) is 4.74. The quantitative estimate of drug-likeness (QED) is 0.626. The average Bonchev–Trinajstić information content (AvgIpc) is 2.34. The van der Waals surface area contributed by atoms with Gasteiger partial charge in [0.1, 0.15) is 0 Å². The third-order valence-corrected chi connectivity index (χ3v) is 2.84. The molecule has 0 aromatic carbocycles. The topological polar surface area (TPSA) is 20.2 Å². The molecule has 1 saturated carbocycles. The molecule has 1 N–H and O–H groups in total. The molecule has 1 rings (SSSR count). The van der Waals surface area contributed by atoms with Crippen molar-refractivity contribution in [1.29, 1.82) is 0 Å². The molecule has 1 aliphatic rings. The lowest BCUT2D eigenvalue weighted by Gasteiger charge is -2.12.